The number of hydrogen-bond acceptors (Lipinski definition) is 8. The summed E-state index contributed by atoms with van der Waals surface area (Å²) in [6.45, 7) is 5.68. The minimum atomic E-state index is -1.04. The Morgan fingerprint density at radius 3 is 2.00 bits per heavy atom. The second-order valence-electron chi connectivity index (χ2n) is 8.98. The number of hydrogen-bond donors (Lipinski definition) is 3. The molecule has 0 saturated heterocycles. The highest BCUT2D eigenvalue weighted by Gasteiger charge is 2.48. The van der Waals surface area contributed by atoms with Gasteiger partial charge in [0.15, 0.2) is 5.78 Å². The van der Waals surface area contributed by atoms with E-state index >= 15 is 0 Å². The Kier molecular flexibility index (Phi) is 9.93. The Morgan fingerprint density at radius 1 is 1.00 bits per heavy atom. The van der Waals surface area contributed by atoms with Gasteiger partial charge in [-0.25, -0.2) is 0 Å². The van der Waals surface area contributed by atoms with Crippen molar-refractivity contribution in [2.24, 2.45) is 11.3 Å². The average molecular weight is 483 g/mol. The lowest BCUT2D eigenvalue weighted by atomic mass is 9.91. The summed E-state index contributed by atoms with van der Waals surface area (Å²) in [4.78, 5) is 55.4. The lowest BCUT2D eigenvalue weighted by Crippen LogP contribution is -2.58. The average Bonchev–Trinajstić information content (AvgIpc) is 3.27. The van der Waals surface area contributed by atoms with E-state index in [1.54, 1.807) is 0 Å². The van der Waals surface area contributed by atoms with Crippen LogP contribution in [0, 0.1) is 11.3 Å². The Balaban J connectivity index is 2.07. The molecule has 2 rings (SSSR count). The normalized spacial score (nSPS) is 17.0. The molecule has 1 saturated carbocycles. The molecule has 1 aliphatic rings. The highest BCUT2D eigenvalue weighted by Crippen LogP contribution is 2.47. The van der Waals surface area contributed by atoms with Gasteiger partial charge in [-0.05, 0) is 25.2 Å². The van der Waals surface area contributed by atoms with Crippen molar-refractivity contribution in [3.05, 3.63) is 16.6 Å². The quantitative estimate of drug-likeness (QED) is 0.359. The number of methoxy groups -OCH3 is 2. The van der Waals surface area contributed by atoms with E-state index in [2.05, 4.69) is 20.9 Å². The van der Waals surface area contributed by atoms with Crippen LogP contribution in [0.4, 0.5) is 0 Å². The standard InChI is InChI=1S/C22H34N4O6S/c1-13(2)8-14(18(27)22(3)6-7-22)24-19(28)15(10-31-4)25-20(29)16(11-32-5)26-21(30)17-9-23-12-33-17/h9,12-16H,6-8,10-11H2,1-5H3,(H,24,28)(H,25,29)(H,26,30)/t14-,15-,16-/m0/s1. The summed E-state index contributed by atoms with van der Waals surface area (Å²) in [6, 6.07) is -2.71. The molecule has 0 unspecified atom stereocenters. The number of carbonyl (C=O) groups is 4. The van der Waals surface area contributed by atoms with E-state index in [4.69, 9.17) is 9.47 Å². The van der Waals surface area contributed by atoms with Crippen LogP contribution in [0.1, 0.15) is 49.7 Å². The van der Waals surface area contributed by atoms with Gasteiger partial charge >= 0.3 is 0 Å². The number of ketones is 1. The molecule has 1 heterocycles. The molecule has 0 spiro atoms. The van der Waals surface area contributed by atoms with Gasteiger partial charge in [0.05, 0.1) is 31.0 Å². The number of nitrogens with zero attached hydrogens (tertiary/aromatic N) is 1. The van der Waals surface area contributed by atoms with Gasteiger partial charge in [-0.1, -0.05) is 20.8 Å². The topological polar surface area (TPSA) is 136 Å². The van der Waals surface area contributed by atoms with Crippen LogP contribution in [-0.4, -0.2) is 74.0 Å². The molecule has 11 heteroatoms. The fourth-order valence-electron chi connectivity index (χ4n) is 3.36. The van der Waals surface area contributed by atoms with E-state index in [1.807, 2.05) is 20.8 Å². The van der Waals surface area contributed by atoms with Crippen molar-refractivity contribution < 1.29 is 28.7 Å². The van der Waals surface area contributed by atoms with Gasteiger partial charge in [0.1, 0.15) is 17.0 Å². The molecule has 0 bridgehead atoms. The predicted octanol–water partition coefficient (Wildman–Crippen LogP) is 0.919. The van der Waals surface area contributed by atoms with Crippen LogP contribution in [0.2, 0.25) is 0 Å². The van der Waals surface area contributed by atoms with Crippen LogP contribution in [0.15, 0.2) is 11.7 Å². The van der Waals surface area contributed by atoms with E-state index in [0.717, 1.165) is 24.2 Å². The summed E-state index contributed by atoms with van der Waals surface area (Å²) in [5.41, 5.74) is 1.12. The van der Waals surface area contributed by atoms with E-state index in [0.29, 0.717) is 11.3 Å². The summed E-state index contributed by atoms with van der Waals surface area (Å²) in [5.74, 6) is -1.37. The molecule has 0 aliphatic heterocycles. The maximum atomic E-state index is 13.0. The van der Waals surface area contributed by atoms with Crippen molar-refractivity contribution in [3.63, 3.8) is 0 Å². The molecule has 0 radical (unpaired) electrons. The molecular formula is C22H34N4O6S. The summed E-state index contributed by atoms with van der Waals surface area (Å²) < 4.78 is 10.2. The summed E-state index contributed by atoms with van der Waals surface area (Å²) >= 11 is 1.14. The maximum Gasteiger partial charge on any atom is 0.263 e. The Labute approximate surface area is 198 Å². The van der Waals surface area contributed by atoms with Gasteiger partial charge in [0.2, 0.25) is 11.8 Å². The first-order valence-electron chi connectivity index (χ1n) is 10.9. The van der Waals surface area contributed by atoms with Gasteiger partial charge in [-0.3, -0.25) is 24.2 Å². The summed E-state index contributed by atoms with van der Waals surface area (Å²) in [5, 5.41) is 8.01. The third-order valence-corrected chi connectivity index (χ3v) is 6.28. The molecule has 33 heavy (non-hydrogen) atoms. The zero-order valence-electron chi connectivity index (χ0n) is 19.8. The second-order valence-corrected chi connectivity index (χ2v) is 9.87. The van der Waals surface area contributed by atoms with E-state index in [1.165, 1.54) is 25.9 Å². The van der Waals surface area contributed by atoms with Crippen molar-refractivity contribution in [3.8, 4) is 0 Å². The first kappa shape index (κ1) is 26.9. The molecule has 1 aromatic heterocycles. The van der Waals surface area contributed by atoms with Gasteiger partial charge in [0.25, 0.3) is 5.91 Å². The van der Waals surface area contributed by atoms with Crippen LogP contribution in [0.3, 0.4) is 0 Å². The Morgan fingerprint density at radius 2 is 1.55 bits per heavy atom. The lowest BCUT2D eigenvalue weighted by molar-refractivity contribution is -0.134. The van der Waals surface area contributed by atoms with Gasteiger partial charge in [-0.15, -0.1) is 11.3 Å². The number of ether oxygens (including phenoxy) is 2. The third-order valence-electron chi connectivity index (χ3n) is 5.51. The van der Waals surface area contributed by atoms with Gasteiger partial charge in [0, 0.05) is 19.6 Å². The molecule has 3 atom stereocenters. The van der Waals surface area contributed by atoms with Crippen LogP contribution in [0.5, 0.6) is 0 Å². The number of rotatable bonds is 14. The van der Waals surface area contributed by atoms with E-state index < -0.39 is 41.3 Å². The SMILES string of the molecule is COC[C@H](NC(=O)c1cncs1)C(=O)N[C@@H](COC)C(=O)N[C@@H](CC(C)C)C(=O)C1(C)CC1. The number of Topliss-reactive ketones (excluding diaryl/α,β-unsaturated/α-hetero) is 1. The highest BCUT2D eigenvalue weighted by molar-refractivity contribution is 7.11. The molecule has 184 valence electrons. The number of thiazole rings is 1. The summed E-state index contributed by atoms with van der Waals surface area (Å²) in [6.07, 6.45) is 3.53. The maximum absolute atomic E-state index is 13.0. The molecule has 0 aromatic carbocycles. The monoisotopic (exact) mass is 482 g/mol. The van der Waals surface area contributed by atoms with E-state index in [-0.39, 0.29) is 24.9 Å². The lowest BCUT2D eigenvalue weighted by Gasteiger charge is -2.26. The zero-order valence-corrected chi connectivity index (χ0v) is 20.6. The van der Waals surface area contributed by atoms with Gasteiger partial charge < -0.3 is 25.4 Å². The molecule has 3 amide bonds. The largest absolute Gasteiger partial charge is 0.382 e. The third kappa shape index (κ3) is 7.86. The number of carbonyl (C=O) groups excluding carboxylic acids is 4. The highest BCUT2D eigenvalue weighted by atomic mass is 32.1. The van der Waals surface area contributed by atoms with Crippen LogP contribution >= 0.6 is 11.3 Å². The Hall–Kier alpha value is -2.37. The van der Waals surface area contributed by atoms with Crippen molar-refractivity contribution in [2.75, 3.05) is 27.4 Å². The van der Waals surface area contributed by atoms with Crippen molar-refractivity contribution in [1.82, 2.24) is 20.9 Å². The van der Waals surface area contributed by atoms with Crippen molar-refractivity contribution in [1.29, 1.82) is 0 Å². The second kappa shape index (κ2) is 12.2. The fraction of sp³-hybridized carbons (Fsp3) is 0.682. The number of nitrogens with one attached hydrogen (secondary N) is 3. The van der Waals surface area contributed by atoms with Gasteiger partial charge in [-0.2, -0.15) is 0 Å². The smallest absolute Gasteiger partial charge is 0.263 e. The first-order chi connectivity index (χ1) is 15.6. The van der Waals surface area contributed by atoms with Crippen LogP contribution < -0.4 is 16.0 Å². The minimum absolute atomic E-state index is 0.0149. The molecule has 1 aromatic rings. The number of amides is 3. The molecule has 1 aliphatic carbocycles. The van der Waals surface area contributed by atoms with Crippen molar-refractivity contribution in [2.45, 2.75) is 58.2 Å². The predicted molar refractivity (Wildman–Crippen MR) is 123 cm³/mol. The summed E-state index contributed by atoms with van der Waals surface area (Å²) in [7, 11) is 2.81. The molecular weight excluding hydrogens is 448 g/mol. The number of aromatic nitrogens is 1. The minimum Gasteiger partial charge on any atom is -0.382 e. The molecule has 3 N–H and O–H groups in total. The Bertz CT molecular complexity index is 825. The zero-order chi connectivity index (χ0) is 24.6. The fourth-order valence-corrected chi connectivity index (χ4v) is 3.88. The first-order valence-corrected chi connectivity index (χ1v) is 11.8. The van der Waals surface area contributed by atoms with Crippen molar-refractivity contribution >= 4 is 34.8 Å². The molecule has 10 nitrogen and oxygen atoms in total. The van der Waals surface area contributed by atoms with Crippen LogP contribution in [-0.2, 0) is 23.9 Å². The molecule has 1 fully saturated rings. The van der Waals surface area contributed by atoms with E-state index in [9.17, 15) is 19.2 Å². The van der Waals surface area contributed by atoms with Crippen LogP contribution in [0.25, 0.3) is 0 Å².